The molecule has 1 radical (unpaired) electrons. The van der Waals surface area contributed by atoms with E-state index in [0.717, 1.165) is 0 Å². The minimum absolute atomic E-state index is 0. The SMILES string of the molecule is [Co].[I-].[I-].[I-].[I-]. The van der Waals surface area contributed by atoms with Gasteiger partial charge in [-0.15, -0.1) is 0 Å². The Morgan fingerprint density at radius 2 is 0.400 bits per heavy atom. The third kappa shape index (κ3) is 18.6. The number of halogens is 4. The maximum absolute atomic E-state index is 0. The van der Waals surface area contributed by atoms with Crippen molar-refractivity contribution in [3.8, 4) is 0 Å². The van der Waals surface area contributed by atoms with Crippen LogP contribution in [0.25, 0.3) is 0 Å². The van der Waals surface area contributed by atoms with Gasteiger partial charge in [0.05, 0.1) is 0 Å². The van der Waals surface area contributed by atoms with E-state index in [4.69, 9.17) is 0 Å². The molecule has 0 amide bonds. The fourth-order valence-electron chi connectivity index (χ4n) is 0. The fraction of sp³-hybridized carbons (Fsp3) is 0. The van der Waals surface area contributed by atoms with Gasteiger partial charge in [-0.3, -0.25) is 0 Å². The van der Waals surface area contributed by atoms with Crippen molar-refractivity contribution in [3.63, 3.8) is 0 Å². The smallest absolute Gasteiger partial charge is 0 e. The maximum atomic E-state index is 0. The minimum atomic E-state index is 0. The van der Waals surface area contributed by atoms with Gasteiger partial charge in [0.15, 0.2) is 0 Å². The molecule has 0 aromatic carbocycles. The minimum Gasteiger partial charge on any atom is -1.00 e. The summed E-state index contributed by atoms with van der Waals surface area (Å²) in [6, 6.07) is 0. The van der Waals surface area contributed by atoms with Crippen LogP contribution < -0.4 is 95.9 Å². The molecule has 0 fully saturated rings. The molecule has 0 saturated carbocycles. The Hall–Kier alpha value is 3.43. The molecular weight excluding hydrogens is 567 g/mol. The second kappa shape index (κ2) is 26.1. The van der Waals surface area contributed by atoms with Gasteiger partial charge in [-0.1, -0.05) is 0 Å². The predicted octanol–water partition coefficient (Wildman–Crippen LogP) is -12.0. The third-order valence-corrected chi connectivity index (χ3v) is 0. The first-order valence-corrected chi connectivity index (χ1v) is 0. The average Bonchev–Trinajstić information content (AvgIpc) is 0. The Morgan fingerprint density at radius 1 is 0.400 bits per heavy atom. The molecule has 0 N–H and O–H groups in total. The normalized spacial score (nSPS) is 0. The van der Waals surface area contributed by atoms with Crippen molar-refractivity contribution >= 4 is 0 Å². The molecule has 5 heteroatoms. The van der Waals surface area contributed by atoms with Crippen LogP contribution in [0.5, 0.6) is 0 Å². The van der Waals surface area contributed by atoms with Gasteiger partial charge in [0.1, 0.15) is 0 Å². The Bertz CT molecular complexity index is 3.61. The van der Waals surface area contributed by atoms with Crippen molar-refractivity contribution in [2.75, 3.05) is 0 Å². The maximum Gasteiger partial charge on any atom is 0 e. The van der Waals surface area contributed by atoms with E-state index in [-0.39, 0.29) is 113 Å². The van der Waals surface area contributed by atoms with E-state index in [1.807, 2.05) is 0 Å². The quantitative estimate of drug-likeness (QED) is 0.256. The summed E-state index contributed by atoms with van der Waals surface area (Å²) >= 11 is 0. The number of rotatable bonds is 0. The van der Waals surface area contributed by atoms with Gasteiger partial charge >= 0.3 is 0 Å². The molecule has 0 aromatic heterocycles. The molecular formula is CoI4-4. The standard InChI is InChI=1S/Co.4HI/h;4*1H/p-4. The van der Waals surface area contributed by atoms with Crippen LogP contribution in [0.3, 0.4) is 0 Å². The van der Waals surface area contributed by atoms with Crippen molar-refractivity contribution in [1.82, 2.24) is 0 Å². The second-order valence-electron chi connectivity index (χ2n) is 0. The Labute approximate surface area is 110 Å². The summed E-state index contributed by atoms with van der Waals surface area (Å²) in [5, 5.41) is 0. The first-order chi connectivity index (χ1) is 0. The zero-order valence-electron chi connectivity index (χ0n) is 1.85. The summed E-state index contributed by atoms with van der Waals surface area (Å²) in [5.41, 5.74) is 0. The summed E-state index contributed by atoms with van der Waals surface area (Å²) in [6.45, 7) is 0. The molecule has 5 heavy (non-hydrogen) atoms. The van der Waals surface area contributed by atoms with Crippen molar-refractivity contribution in [2.24, 2.45) is 0 Å². The molecule has 0 aliphatic rings. The molecule has 0 aliphatic carbocycles. The average molecular weight is 567 g/mol. The van der Waals surface area contributed by atoms with E-state index in [2.05, 4.69) is 0 Å². The molecule has 41 valence electrons. The monoisotopic (exact) mass is 567 g/mol. The van der Waals surface area contributed by atoms with Crippen LogP contribution in [-0.2, 0) is 16.8 Å². The number of hydrogen-bond acceptors (Lipinski definition) is 0. The van der Waals surface area contributed by atoms with Gasteiger partial charge in [-0.25, -0.2) is 0 Å². The topological polar surface area (TPSA) is 0 Å². The van der Waals surface area contributed by atoms with Crippen molar-refractivity contribution in [3.05, 3.63) is 0 Å². The summed E-state index contributed by atoms with van der Waals surface area (Å²) < 4.78 is 0. The van der Waals surface area contributed by atoms with E-state index < -0.39 is 0 Å². The summed E-state index contributed by atoms with van der Waals surface area (Å²) in [7, 11) is 0. The largest absolute Gasteiger partial charge is 1.00 e. The van der Waals surface area contributed by atoms with Gasteiger partial charge in [0.2, 0.25) is 0 Å². The van der Waals surface area contributed by atoms with Gasteiger partial charge in [-0.2, -0.15) is 0 Å². The van der Waals surface area contributed by atoms with Crippen LogP contribution in [0.2, 0.25) is 0 Å². The zero-order chi connectivity index (χ0) is 0. The van der Waals surface area contributed by atoms with Gasteiger partial charge in [0.25, 0.3) is 0 Å². The first-order valence-electron chi connectivity index (χ1n) is 0. The molecule has 0 spiro atoms. The molecule has 0 aliphatic heterocycles. The Kier molecular flexibility index (Phi) is 207. The van der Waals surface area contributed by atoms with Crippen LogP contribution in [-0.4, -0.2) is 0 Å². The van der Waals surface area contributed by atoms with E-state index in [1.165, 1.54) is 0 Å². The number of hydrogen-bond donors (Lipinski definition) is 0. The summed E-state index contributed by atoms with van der Waals surface area (Å²) in [6.07, 6.45) is 0. The van der Waals surface area contributed by atoms with Crippen LogP contribution >= 0.6 is 0 Å². The first kappa shape index (κ1) is 39.6. The predicted molar refractivity (Wildman–Crippen MR) is 0 cm³/mol. The molecule has 0 aromatic rings. The van der Waals surface area contributed by atoms with Crippen LogP contribution in [0, 0.1) is 0 Å². The molecule has 0 saturated heterocycles. The molecule has 0 atom stereocenters. The Morgan fingerprint density at radius 3 is 0.400 bits per heavy atom. The van der Waals surface area contributed by atoms with Crippen LogP contribution in [0.15, 0.2) is 0 Å². The van der Waals surface area contributed by atoms with Crippen molar-refractivity contribution in [1.29, 1.82) is 0 Å². The van der Waals surface area contributed by atoms with E-state index in [0.29, 0.717) is 0 Å². The van der Waals surface area contributed by atoms with Gasteiger partial charge in [-0.05, 0) is 0 Å². The fourth-order valence-corrected chi connectivity index (χ4v) is 0. The van der Waals surface area contributed by atoms with Crippen LogP contribution in [0.4, 0.5) is 0 Å². The summed E-state index contributed by atoms with van der Waals surface area (Å²) in [5.74, 6) is 0. The molecule has 0 rings (SSSR count). The van der Waals surface area contributed by atoms with Gasteiger partial charge < -0.3 is 95.9 Å². The Balaban J connectivity index is 0. The van der Waals surface area contributed by atoms with Gasteiger partial charge in [0, 0.05) is 16.8 Å². The molecule has 0 bridgehead atoms. The molecule has 0 heterocycles. The van der Waals surface area contributed by atoms with E-state index >= 15 is 0 Å². The van der Waals surface area contributed by atoms with Crippen LogP contribution in [0.1, 0.15) is 0 Å². The van der Waals surface area contributed by atoms with Crippen molar-refractivity contribution < 1.29 is 113 Å². The van der Waals surface area contributed by atoms with E-state index in [1.54, 1.807) is 0 Å². The molecule has 0 nitrogen and oxygen atoms in total. The molecule has 0 unspecified atom stereocenters. The zero-order valence-corrected chi connectivity index (χ0v) is 11.5. The second-order valence-corrected chi connectivity index (χ2v) is 0. The van der Waals surface area contributed by atoms with Crippen molar-refractivity contribution in [2.45, 2.75) is 0 Å². The summed E-state index contributed by atoms with van der Waals surface area (Å²) in [4.78, 5) is 0. The van der Waals surface area contributed by atoms with E-state index in [9.17, 15) is 0 Å². The third-order valence-electron chi connectivity index (χ3n) is 0.